The van der Waals surface area contributed by atoms with Gasteiger partial charge in [-0.05, 0) is 0 Å². The molecule has 0 saturated carbocycles. The molecule has 3 fully saturated rings. The average Bonchev–Trinajstić information content (AvgIpc) is 2.82. The van der Waals surface area contributed by atoms with Crippen molar-refractivity contribution in [3.8, 4) is 0 Å². The van der Waals surface area contributed by atoms with Crippen LogP contribution in [0, 0.1) is 0 Å². The van der Waals surface area contributed by atoms with Crippen molar-refractivity contribution in [1.29, 1.82) is 0 Å². The third kappa shape index (κ3) is 5.52. The van der Waals surface area contributed by atoms with Crippen LogP contribution in [0.2, 0.25) is 0 Å². The molecule has 0 amide bonds. The van der Waals surface area contributed by atoms with Crippen LogP contribution in [0.25, 0.3) is 0 Å². The molecule has 200 valence electrons. The van der Waals surface area contributed by atoms with Crippen LogP contribution in [-0.2, 0) is 23.7 Å². The highest BCUT2D eigenvalue weighted by molar-refractivity contribution is 4.94. The lowest BCUT2D eigenvalue weighted by molar-refractivity contribution is -0.363. The summed E-state index contributed by atoms with van der Waals surface area (Å²) in [4.78, 5) is 0. The molecule has 3 aliphatic heterocycles. The second-order valence-electron chi connectivity index (χ2n) is 8.37. The highest BCUT2D eigenvalue weighted by atomic mass is 16.7. The summed E-state index contributed by atoms with van der Waals surface area (Å²) in [5.41, 5.74) is 0. The van der Waals surface area contributed by atoms with Crippen molar-refractivity contribution >= 4 is 0 Å². The first kappa shape index (κ1) is 27.9. The van der Waals surface area contributed by atoms with Crippen LogP contribution in [0.5, 0.6) is 0 Å². The quantitative estimate of drug-likeness (QED) is 0.154. The van der Waals surface area contributed by atoms with E-state index in [0.717, 1.165) is 0 Å². The maximum atomic E-state index is 10.4. The molecule has 3 aliphatic rings. The summed E-state index contributed by atoms with van der Waals surface area (Å²) in [6.07, 6.45) is -25.0. The lowest BCUT2D eigenvalue weighted by Crippen LogP contribution is -2.65. The van der Waals surface area contributed by atoms with Gasteiger partial charge in [0.15, 0.2) is 18.9 Å². The van der Waals surface area contributed by atoms with Crippen LogP contribution in [-0.4, -0.2) is 168 Å². The Balaban J connectivity index is 1.72. The van der Waals surface area contributed by atoms with Crippen LogP contribution in [0.1, 0.15) is 0 Å². The number of hydrogen-bond donors (Lipinski definition) is 11. The average molecular weight is 504 g/mol. The summed E-state index contributed by atoms with van der Waals surface area (Å²) in [5, 5.41) is 109. The van der Waals surface area contributed by atoms with E-state index in [1.165, 1.54) is 0 Å². The second-order valence-corrected chi connectivity index (χ2v) is 8.37. The maximum Gasteiger partial charge on any atom is 0.187 e. The number of ether oxygens (including phenoxy) is 5. The molecule has 0 radical (unpaired) electrons. The second kappa shape index (κ2) is 11.6. The van der Waals surface area contributed by atoms with Gasteiger partial charge in [0.1, 0.15) is 73.2 Å². The monoisotopic (exact) mass is 504 g/mol. The minimum atomic E-state index is -1.91. The van der Waals surface area contributed by atoms with Crippen molar-refractivity contribution in [2.75, 3.05) is 19.8 Å². The lowest BCUT2D eigenvalue weighted by Gasteiger charge is -2.46. The van der Waals surface area contributed by atoms with E-state index in [-0.39, 0.29) is 0 Å². The molecule has 34 heavy (non-hydrogen) atoms. The molecule has 3 saturated heterocycles. The zero-order valence-corrected chi connectivity index (χ0v) is 17.7. The van der Waals surface area contributed by atoms with E-state index >= 15 is 0 Å². The Morgan fingerprint density at radius 3 is 1.53 bits per heavy atom. The van der Waals surface area contributed by atoms with E-state index < -0.39 is 112 Å². The van der Waals surface area contributed by atoms with Crippen molar-refractivity contribution in [3.63, 3.8) is 0 Å². The summed E-state index contributed by atoms with van der Waals surface area (Å²) in [6, 6.07) is 0. The maximum absolute atomic E-state index is 10.4. The Kier molecular flexibility index (Phi) is 9.54. The van der Waals surface area contributed by atoms with Crippen LogP contribution in [0.4, 0.5) is 0 Å². The van der Waals surface area contributed by atoms with Crippen molar-refractivity contribution in [2.45, 2.75) is 92.1 Å². The highest BCUT2D eigenvalue weighted by Gasteiger charge is 2.51. The molecule has 0 aromatic rings. The molecular formula is C18H32O16. The molecule has 0 aliphatic carbocycles. The Morgan fingerprint density at radius 2 is 1.00 bits per heavy atom. The SMILES string of the molecule is OC[C@H]1O[C@@H](OC[C@H]2OC(O)[C@H](O)[C@@H](O)[C@@H]2O[C@@H]2O[C@H](CO)[C@H](O)[C@H](O)[C@H]2O)[C@H](O)[C@@H](O)[C@H]1O. The smallest absolute Gasteiger partial charge is 0.187 e. The molecule has 0 spiro atoms. The molecule has 0 aromatic heterocycles. The summed E-state index contributed by atoms with van der Waals surface area (Å²) in [7, 11) is 0. The molecule has 15 atom stereocenters. The molecule has 11 N–H and O–H groups in total. The highest BCUT2D eigenvalue weighted by Crippen LogP contribution is 2.30. The third-order valence-electron chi connectivity index (χ3n) is 6.07. The zero-order chi connectivity index (χ0) is 25.3. The van der Waals surface area contributed by atoms with Crippen molar-refractivity contribution < 1.29 is 79.9 Å². The van der Waals surface area contributed by atoms with E-state index in [4.69, 9.17) is 23.7 Å². The Morgan fingerprint density at radius 1 is 0.500 bits per heavy atom. The van der Waals surface area contributed by atoms with E-state index in [1.54, 1.807) is 0 Å². The van der Waals surface area contributed by atoms with Crippen molar-refractivity contribution in [3.05, 3.63) is 0 Å². The standard InChI is InChI=1S/C18H32O16/c19-1-4-7(21)9(23)13(27)17(32-4)30-3-6-15(11(25)12(26)16(29)31-6)34-18-14(28)10(24)8(22)5(2-20)33-18/h4-29H,1-3H2/t4-,5-,6-,7+,8+,9+,10+,11-,12-,13-,14-,15-,16?,17-,18+/m1/s1. The normalized spacial score (nSPS) is 52.5. The van der Waals surface area contributed by atoms with Gasteiger partial charge in [0.2, 0.25) is 0 Å². The van der Waals surface area contributed by atoms with E-state index in [9.17, 15) is 56.2 Å². The van der Waals surface area contributed by atoms with Gasteiger partial charge in [-0.25, -0.2) is 0 Å². The van der Waals surface area contributed by atoms with Crippen LogP contribution in [0.3, 0.4) is 0 Å². The molecule has 1 unspecified atom stereocenters. The summed E-state index contributed by atoms with van der Waals surface area (Å²) < 4.78 is 26.4. The fraction of sp³-hybridized carbons (Fsp3) is 1.00. The first-order valence-corrected chi connectivity index (χ1v) is 10.6. The Hall–Kier alpha value is -0.640. The topological polar surface area (TPSA) is 269 Å². The van der Waals surface area contributed by atoms with E-state index in [0.29, 0.717) is 0 Å². The van der Waals surface area contributed by atoms with Gasteiger partial charge in [-0.2, -0.15) is 0 Å². The van der Waals surface area contributed by atoms with Crippen molar-refractivity contribution in [2.24, 2.45) is 0 Å². The van der Waals surface area contributed by atoms with Gasteiger partial charge in [-0.3, -0.25) is 0 Å². The molecule has 0 bridgehead atoms. The number of aliphatic hydroxyl groups excluding tert-OH is 11. The molecule has 16 heteroatoms. The van der Waals surface area contributed by atoms with Gasteiger partial charge in [0.05, 0.1) is 19.8 Å². The van der Waals surface area contributed by atoms with Gasteiger partial charge >= 0.3 is 0 Å². The Labute approximate surface area is 192 Å². The minimum Gasteiger partial charge on any atom is -0.394 e. The number of aliphatic hydroxyl groups is 11. The van der Waals surface area contributed by atoms with Gasteiger partial charge in [-0.1, -0.05) is 0 Å². The van der Waals surface area contributed by atoms with E-state index in [1.807, 2.05) is 0 Å². The lowest BCUT2D eigenvalue weighted by atomic mass is 9.97. The number of rotatable bonds is 7. The van der Waals surface area contributed by atoms with Gasteiger partial charge in [0.25, 0.3) is 0 Å². The number of hydrogen-bond acceptors (Lipinski definition) is 16. The van der Waals surface area contributed by atoms with E-state index in [2.05, 4.69) is 0 Å². The molecule has 16 nitrogen and oxygen atoms in total. The van der Waals surface area contributed by atoms with Gasteiger partial charge in [-0.15, -0.1) is 0 Å². The predicted octanol–water partition coefficient (Wildman–Crippen LogP) is -7.57. The van der Waals surface area contributed by atoms with Gasteiger partial charge < -0.3 is 79.9 Å². The third-order valence-corrected chi connectivity index (χ3v) is 6.07. The van der Waals surface area contributed by atoms with Crippen LogP contribution >= 0.6 is 0 Å². The molecule has 3 heterocycles. The first-order valence-electron chi connectivity index (χ1n) is 10.6. The fourth-order valence-corrected chi connectivity index (χ4v) is 3.95. The largest absolute Gasteiger partial charge is 0.394 e. The molecule has 0 aromatic carbocycles. The summed E-state index contributed by atoms with van der Waals surface area (Å²) in [6.45, 7) is -2.08. The molecule has 3 rings (SSSR count). The zero-order valence-electron chi connectivity index (χ0n) is 17.7. The predicted molar refractivity (Wildman–Crippen MR) is 101 cm³/mol. The Bertz CT molecular complexity index is 637. The molecular weight excluding hydrogens is 472 g/mol. The minimum absolute atomic E-state index is 0.619. The first-order chi connectivity index (χ1) is 16.0. The van der Waals surface area contributed by atoms with Crippen LogP contribution in [0.15, 0.2) is 0 Å². The summed E-state index contributed by atoms with van der Waals surface area (Å²) in [5.74, 6) is 0. The van der Waals surface area contributed by atoms with Crippen molar-refractivity contribution in [1.82, 2.24) is 0 Å². The van der Waals surface area contributed by atoms with Crippen LogP contribution < -0.4 is 0 Å². The summed E-state index contributed by atoms with van der Waals surface area (Å²) >= 11 is 0. The van der Waals surface area contributed by atoms with Gasteiger partial charge in [0, 0.05) is 0 Å². The fourth-order valence-electron chi connectivity index (χ4n) is 3.95.